The third kappa shape index (κ3) is 4.19. The Hall–Kier alpha value is -3.37. The van der Waals surface area contributed by atoms with Crippen LogP contribution in [-0.2, 0) is 4.74 Å². The number of fused-ring (bicyclic) bond motifs is 2. The molecule has 0 fully saturated rings. The van der Waals surface area contributed by atoms with Crippen molar-refractivity contribution < 1.29 is 14.3 Å². The molecule has 0 radical (unpaired) electrons. The predicted octanol–water partition coefficient (Wildman–Crippen LogP) is 7.66. The molecule has 1 aromatic heterocycles. The Labute approximate surface area is 198 Å². The largest absolute Gasteiger partial charge is 0.483 e. The van der Waals surface area contributed by atoms with Gasteiger partial charge in [-0.3, -0.25) is 0 Å². The fourth-order valence-electron chi connectivity index (χ4n) is 4.29. The molecule has 0 amide bonds. The topological polar surface area (TPSA) is 35.5 Å². The Morgan fingerprint density at radius 3 is 2.39 bits per heavy atom. The first-order valence-electron chi connectivity index (χ1n) is 11.2. The van der Waals surface area contributed by atoms with Crippen LogP contribution in [0.25, 0.3) is 27.5 Å². The first-order valence-corrected chi connectivity index (χ1v) is 12.0. The molecule has 3 nitrogen and oxygen atoms in total. The zero-order valence-corrected chi connectivity index (χ0v) is 20.1. The van der Waals surface area contributed by atoms with Gasteiger partial charge in [0.25, 0.3) is 0 Å². The monoisotopic (exact) mass is 454 g/mol. The lowest BCUT2D eigenvalue weighted by atomic mass is 9.91. The Morgan fingerprint density at radius 1 is 0.939 bits per heavy atom. The summed E-state index contributed by atoms with van der Waals surface area (Å²) in [7, 11) is 0. The van der Waals surface area contributed by atoms with E-state index in [2.05, 4.69) is 69.3 Å². The highest BCUT2D eigenvalue weighted by Gasteiger charge is 2.28. The molecule has 5 rings (SSSR count). The van der Waals surface area contributed by atoms with Crippen molar-refractivity contribution in [2.24, 2.45) is 0 Å². The third-order valence-electron chi connectivity index (χ3n) is 5.83. The number of thiophene rings is 1. The molecule has 166 valence electrons. The van der Waals surface area contributed by atoms with Crippen LogP contribution in [0.15, 0.2) is 72.8 Å². The van der Waals surface area contributed by atoms with Crippen LogP contribution in [0.2, 0.25) is 0 Å². The van der Waals surface area contributed by atoms with E-state index in [1.165, 1.54) is 15.3 Å². The van der Waals surface area contributed by atoms with Gasteiger partial charge in [0.15, 0.2) is 0 Å². The van der Waals surface area contributed by atoms with Crippen LogP contribution >= 0.6 is 11.3 Å². The van der Waals surface area contributed by atoms with Crippen molar-refractivity contribution in [2.45, 2.75) is 33.3 Å². The number of hydrogen-bond donors (Lipinski definition) is 0. The number of benzene rings is 3. The molecule has 0 saturated carbocycles. The number of ether oxygens (including phenoxy) is 2. The maximum Gasteiger partial charge on any atom is 0.338 e. The number of rotatable bonds is 4. The Morgan fingerprint density at radius 2 is 1.70 bits per heavy atom. The van der Waals surface area contributed by atoms with Crippen LogP contribution in [0.1, 0.15) is 46.4 Å². The molecule has 0 unspecified atom stereocenters. The van der Waals surface area contributed by atoms with Crippen LogP contribution in [0.4, 0.5) is 0 Å². The molecule has 2 heterocycles. The first-order chi connectivity index (χ1) is 15.8. The summed E-state index contributed by atoms with van der Waals surface area (Å²) in [6.07, 6.45) is 2.23. The summed E-state index contributed by atoms with van der Waals surface area (Å²) in [6, 6.07) is 22.8. The molecule has 33 heavy (non-hydrogen) atoms. The lowest BCUT2D eigenvalue weighted by Gasteiger charge is -2.31. The molecule has 0 bridgehead atoms. The number of hydrogen-bond acceptors (Lipinski definition) is 4. The SMILES string of the molecule is CCOC(=O)c1ccc(-c2ccc3cc4c(cc3c2)C(c2ccc(C)s2)=CC(C)(C)O4)cc1. The van der Waals surface area contributed by atoms with E-state index in [0.29, 0.717) is 12.2 Å². The standard InChI is InChI=1S/C29H26O3S/c1-5-31-28(30)20-9-7-19(8-10-20)21-11-12-22-16-26-24(15-23(22)14-21)25(17-29(3,4)32-26)27-13-6-18(2)33-27/h6-17H,5H2,1-4H3. The van der Waals surface area contributed by atoms with Gasteiger partial charge in [0.2, 0.25) is 0 Å². The fourth-order valence-corrected chi connectivity index (χ4v) is 5.18. The normalized spacial score (nSPS) is 14.4. The molecule has 0 spiro atoms. The zero-order chi connectivity index (χ0) is 23.2. The highest BCUT2D eigenvalue weighted by molar-refractivity contribution is 7.13. The Bertz CT molecular complexity index is 1390. The van der Waals surface area contributed by atoms with E-state index in [-0.39, 0.29) is 11.6 Å². The minimum absolute atomic E-state index is 0.291. The van der Waals surface area contributed by atoms with E-state index in [1.807, 2.05) is 42.5 Å². The van der Waals surface area contributed by atoms with Crippen LogP contribution in [-0.4, -0.2) is 18.2 Å². The van der Waals surface area contributed by atoms with Gasteiger partial charge < -0.3 is 9.47 Å². The predicted molar refractivity (Wildman–Crippen MR) is 136 cm³/mol. The summed E-state index contributed by atoms with van der Waals surface area (Å²) in [5.41, 5.74) is 4.71. The molecule has 1 aliphatic heterocycles. The summed E-state index contributed by atoms with van der Waals surface area (Å²) in [4.78, 5) is 14.5. The number of aryl methyl sites for hydroxylation is 1. The second-order valence-corrected chi connectivity index (χ2v) is 10.2. The van der Waals surface area contributed by atoms with Gasteiger partial charge in [-0.05, 0) is 98.1 Å². The van der Waals surface area contributed by atoms with Gasteiger partial charge in [0.05, 0.1) is 12.2 Å². The summed E-state index contributed by atoms with van der Waals surface area (Å²) in [5.74, 6) is 0.628. The molecule has 1 aliphatic rings. The van der Waals surface area contributed by atoms with Gasteiger partial charge in [-0.25, -0.2) is 4.79 Å². The summed E-state index contributed by atoms with van der Waals surface area (Å²) >= 11 is 1.81. The highest BCUT2D eigenvalue weighted by atomic mass is 32.1. The summed E-state index contributed by atoms with van der Waals surface area (Å²) in [5, 5.41) is 2.29. The quantitative estimate of drug-likeness (QED) is 0.297. The molecule has 4 aromatic rings. The number of carbonyl (C=O) groups excluding carboxylic acids is 1. The van der Waals surface area contributed by atoms with Crippen LogP contribution in [0.3, 0.4) is 0 Å². The molecule has 0 aliphatic carbocycles. The fraction of sp³-hybridized carbons (Fsp3) is 0.207. The Balaban J connectivity index is 1.57. The molecular weight excluding hydrogens is 428 g/mol. The van der Waals surface area contributed by atoms with E-state index in [0.717, 1.165) is 33.2 Å². The minimum atomic E-state index is -0.367. The number of esters is 1. The zero-order valence-electron chi connectivity index (χ0n) is 19.3. The second kappa shape index (κ2) is 8.20. The smallest absolute Gasteiger partial charge is 0.338 e. The summed E-state index contributed by atoms with van der Waals surface area (Å²) in [6.45, 7) is 8.53. The van der Waals surface area contributed by atoms with Crippen molar-refractivity contribution in [1.82, 2.24) is 0 Å². The highest BCUT2D eigenvalue weighted by Crippen LogP contribution is 2.43. The van der Waals surface area contributed by atoms with Gasteiger partial charge >= 0.3 is 5.97 Å². The second-order valence-electron chi connectivity index (χ2n) is 8.88. The van der Waals surface area contributed by atoms with Crippen LogP contribution in [0.5, 0.6) is 5.75 Å². The van der Waals surface area contributed by atoms with Crippen LogP contribution < -0.4 is 4.74 Å². The molecule has 0 atom stereocenters. The van der Waals surface area contributed by atoms with E-state index >= 15 is 0 Å². The van der Waals surface area contributed by atoms with E-state index in [1.54, 1.807) is 0 Å². The maximum absolute atomic E-state index is 12.0. The van der Waals surface area contributed by atoms with E-state index in [9.17, 15) is 4.79 Å². The minimum Gasteiger partial charge on any atom is -0.483 e. The summed E-state index contributed by atoms with van der Waals surface area (Å²) < 4.78 is 11.4. The van der Waals surface area contributed by atoms with Gasteiger partial charge in [-0.1, -0.05) is 24.3 Å². The van der Waals surface area contributed by atoms with Gasteiger partial charge in [0, 0.05) is 20.9 Å². The van der Waals surface area contributed by atoms with E-state index < -0.39 is 0 Å². The van der Waals surface area contributed by atoms with Crippen LogP contribution in [0, 0.1) is 6.92 Å². The average Bonchev–Trinajstić information content (AvgIpc) is 3.23. The Kier molecular flexibility index (Phi) is 5.34. The molecule has 0 saturated heterocycles. The van der Waals surface area contributed by atoms with Crippen molar-refractivity contribution in [1.29, 1.82) is 0 Å². The average molecular weight is 455 g/mol. The van der Waals surface area contributed by atoms with Crippen molar-refractivity contribution >= 4 is 33.7 Å². The van der Waals surface area contributed by atoms with Crippen molar-refractivity contribution in [2.75, 3.05) is 6.61 Å². The van der Waals surface area contributed by atoms with E-state index in [4.69, 9.17) is 9.47 Å². The first kappa shape index (κ1) is 21.5. The van der Waals surface area contributed by atoms with Crippen molar-refractivity contribution in [3.63, 3.8) is 0 Å². The van der Waals surface area contributed by atoms with Gasteiger partial charge in [-0.2, -0.15) is 0 Å². The molecular formula is C29H26O3S. The molecule has 0 N–H and O–H groups in total. The third-order valence-corrected chi connectivity index (χ3v) is 6.86. The maximum atomic E-state index is 12.0. The number of carbonyl (C=O) groups is 1. The molecule has 4 heteroatoms. The lowest BCUT2D eigenvalue weighted by Crippen LogP contribution is -2.29. The molecule has 3 aromatic carbocycles. The lowest BCUT2D eigenvalue weighted by molar-refractivity contribution is 0.0526. The van der Waals surface area contributed by atoms with Crippen molar-refractivity contribution in [3.8, 4) is 16.9 Å². The van der Waals surface area contributed by atoms with Gasteiger partial charge in [-0.15, -0.1) is 11.3 Å². The van der Waals surface area contributed by atoms with Gasteiger partial charge in [0.1, 0.15) is 11.4 Å². The van der Waals surface area contributed by atoms with Crippen molar-refractivity contribution in [3.05, 3.63) is 93.7 Å².